The third kappa shape index (κ3) is 2.12. The first-order valence-electron chi connectivity index (χ1n) is 4.30. The Bertz CT molecular complexity index is 472. The Morgan fingerprint density at radius 1 is 1.53 bits per heavy atom. The fourth-order valence-electron chi connectivity index (χ4n) is 1.27. The molecule has 0 saturated heterocycles. The number of anilines is 1. The number of aliphatic hydroxyl groups excluding tert-OH is 1. The summed E-state index contributed by atoms with van der Waals surface area (Å²) in [5.74, 6) is 0. The Labute approximate surface area is 96.2 Å². The highest BCUT2D eigenvalue weighted by atomic mass is 35.5. The van der Waals surface area contributed by atoms with Gasteiger partial charge in [0.1, 0.15) is 6.10 Å². The molecule has 0 saturated carbocycles. The Morgan fingerprint density at radius 2 is 2.33 bits per heavy atom. The predicted octanol–water partition coefficient (Wildman–Crippen LogP) is 2.46. The number of hydrogen-bond donors (Lipinski definition) is 2. The number of nitrogens with two attached hydrogens (primary N) is 1. The number of aromatic nitrogens is 1. The van der Waals surface area contributed by atoms with Crippen molar-refractivity contribution in [2.45, 2.75) is 6.10 Å². The minimum Gasteiger partial charge on any atom is -0.398 e. The zero-order chi connectivity index (χ0) is 10.8. The maximum Gasteiger partial charge on any atom is 0.117 e. The average Bonchev–Trinajstić information content (AvgIpc) is 2.65. The highest BCUT2D eigenvalue weighted by Crippen LogP contribution is 2.31. The first-order valence-corrected chi connectivity index (χ1v) is 5.55. The van der Waals surface area contributed by atoms with Crippen LogP contribution in [-0.4, -0.2) is 10.1 Å². The largest absolute Gasteiger partial charge is 0.398 e. The SMILES string of the molecule is Nc1ccncc1C(O)c1cc(Cl)cs1. The summed E-state index contributed by atoms with van der Waals surface area (Å²) in [7, 11) is 0. The Kier molecular flexibility index (Phi) is 2.90. The summed E-state index contributed by atoms with van der Waals surface area (Å²) in [4.78, 5) is 4.69. The molecule has 2 aromatic rings. The molecule has 0 fully saturated rings. The maximum absolute atomic E-state index is 10.0. The first-order chi connectivity index (χ1) is 7.18. The molecule has 0 aliphatic carbocycles. The van der Waals surface area contributed by atoms with Gasteiger partial charge in [0, 0.05) is 33.9 Å². The van der Waals surface area contributed by atoms with Crippen LogP contribution in [0.2, 0.25) is 5.02 Å². The van der Waals surface area contributed by atoms with Gasteiger partial charge in [-0.05, 0) is 12.1 Å². The van der Waals surface area contributed by atoms with Crippen molar-refractivity contribution < 1.29 is 5.11 Å². The van der Waals surface area contributed by atoms with Crippen LogP contribution in [0.15, 0.2) is 29.9 Å². The molecule has 3 N–H and O–H groups in total. The molecule has 0 aromatic carbocycles. The summed E-state index contributed by atoms with van der Waals surface area (Å²) in [5.41, 5.74) is 6.87. The summed E-state index contributed by atoms with van der Waals surface area (Å²) in [6, 6.07) is 3.39. The van der Waals surface area contributed by atoms with Crippen LogP contribution in [0.1, 0.15) is 16.5 Å². The van der Waals surface area contributed by atoms with Gasteiger partial charge in [0.05, 0.1) is 5.02 Å². The summed E-state index contributed by atoms with van der Waals surface area (Å²) in [6.45, 7) is 0. The van der Waals surface area contributed by atoms with E-state index in [1.807, 2.05) is 0 Å². The highest BCUT2D eigenvalue weighted by molar-refractivity contribution is 7.10. The normalized spacial score (nSPS) is 12.7. The molecule has 0 aliphatic rings. The molecule has 1 unspecified atom stereocenters. The van der Waals surface area contributed by atoms with Gasteiger partial charge in [-0.25, -0.2) is 0 Å². The van der Waals surface area contributed by atoms with Gasteiger partial charge in [-0.15, -0.1) is 11.3 Å². The quantitative estimate of drug-likeness (QED) is 0.848. The minimum absolute atomic E-state index is 0.530. The summed E-state index contributed by atoms with van der Waals surface area (Å²) in [6.07, 6.45) is 2.40. The molecule has 0 aliphatic heterocycles. The number of hydrogen-bond acceptors (Lipinski definition) is 4. The van der Waals surface area contributed by atoms with Crippen LogP contribution in [-0.2, 0) is 0 Å². The Hall–Kier alpha value is -1.10. The Morgan fingerprint density at radius 3 is 2.93 bits per heavy atom. The number of aliphatic hydroxyl groups is 1. The number of nitrogens with zero attached hydrogens (tertiary/aromatic N) is 1. The lowest BCUT2D eigenvalue weighted by Gasteiger charge is -2.10. The molecular weight excluding hydrogens is 232 g/mol. The monoisotopic (exact) mass is 240 g/mol. The van der Waals surface area contributed by atoms with E-state index in [1.165, 1.54) is 11.3 Å². The van der Waals surface area contributed by atoms with Gasteiger partial charge in [-0.1, -0.05) is 11.6 Å². The molecular formula is C10H9ClN2OS. The first kappa shape index (κ1) is 10.4. The van der Waals surface area contributed by atoms with Crippen molar-refractivity contribution >= 4 is 28.6 Å². The second-order valence-electron chi connectivity index (χ2n) is 3.07. The van der Waals surface area contributed by atoms with Crippen LogP contribution in [0.4, 0.5) is 5.69 Å². The average molecular weight is 241 g/mol. The van der Waals surface area contributed by atoms with E-state index in [-0.39, 0.29) is 0 Å². The molecule has 5 heteroatoms. The van der Waals surface area contributed by atoms with E-state index in [0.717, 1.165) is 4.88 Å². The number of rotatable bonds is 2. The lowest BCUT2D eigenvalue weighted by molar-refractivity contribution is 0.224. The van der Waals surface area contributed by atoms with Crippen molar-refractivity contribution in [3.05, 3.63) is 45.4 Å². The van der Waals surface area contributed by atoms with Crippen LogP contribution < -0.4 is 5.73 Å². The Balaban J connectivity index is 2.36. The fourth-order valence-corrected chi connectivity index (χ4v) is 2.35. The van der Waals surface area contributed by atoms with Gasteiger partial charge in [0.15, 0.2) is 0 Å². The van der Waals surface area contributed by atoms with Crippen LogP contribution in [0.25, 0.3) is 0 Å². The summed E-state index contributed by atoms with van der Waals surface area (Å²) >= 11 is 7.18. The number of pyridine rings is 1. The lowest BCUT2D eigenvalue weighted by atomic mass is 10.1. The maximum atomic E-state index is 10.0. The molecule has 0 bridgehead atoms. The van der Waals surface area contributed by atoms with E-state index in [2.05, 4.69) is 4.98 Å². The van der Waals surface area contributed by atoms with E-state index < -0.39 is 6.10 Å². The molecule has 0 radical (unpaired) electrons. The van der Waals surface area contributed by atoms with Gasteiger partial charge in [0.2, 0.25) is 0 Å². The highest BCUT2D eigenvalue weighted by Gasteiger charge is 2.15. The smallest absolute Gasteiger partial charge is 0.117 e. The van der Waals surface area contributed by atoms with E-state index in [9.17, 15) is 5.11 Å². The van der Waals surface area contributed by atoms with E-state index >= 15 is 0 Å². The van der Waals surface area contributed by atoms with Crippen molar-refractivity contribution in [3.8, 4) is 0 Å². The standard InChI is InChI=1S/C10H9ClN2OS/c11-6-3-9(15-5-6)10(14)7-4-13-2-1-8(7)12/h1-5,10,14H,(H2,12,13). The summed E-state index contributed by atoms with van der Waals surface area (Å²) < 4.78 is 0. The number of nitrogen functional groups attached to an aromatic ring is 1. The fraction of sp³-hybridized carbons (Fsp3) is 0.100. The number of halogens is 1. The minimum atomic E-state index is -0.754. The number of thiophene rings is 1. The molecule has 0 spiro atoms. The molecule has 3 nitrogen and oxygen atoms in total. The van der Waals surface area contributed by atoms with Crippen molar-refractivity contribution in [2.75, 3.05) is 5.73 Å². The van der Waals surface area contributed by atoms with Gasteiger partial charge in [-0.2, -0.15) is 0 Å². The molecule has 15 heavy (non-hydrogen) atoms. The van der Waals surface area contributed by atoms with E-state index in [4.69, 9.17) is 17.3 Å². The molecule has 1 atom stereocenters. The third-order valence-electron chi connectivity index (χ3n) is 2.04. The second kappa shape index (κ2) is 4.18. The van der Waals surface area contributed by atoms with Crippen molar-refractivity contribution in [1.82, 2.24) is 4.98 Å². The zero-order valence-corrected chi connectivity index (χ0v) is 9.29. The topological polar surface area (TPSA) is 59.1 Å². The molecule has 2 heterocycles. The third-order valence-corrected chi connectivity index (χ3v) is 3.37. The molecule has 78 valence electrons. The lowest BCUT2D eigenvalue weighted by Crippen LogP contribution is -2.02. The van der Waals surface area contributed by atoms with Crippen LogP contribution >= 0.6 is 22.9 Å². The van der Waals surface area contributed by atoms with Gasteiger partial charge >= 0.3 is 0 Å². The van der Waals surface area contributed by atoms with Gasteiger partial charge < -0.3 is 10.8 Å². The zero-order valence-electron chi connectivity index (χ0n) is 7.72. The van der Waals surface area contributed by atoms with Gasteiger partial charge in [-0.3, -0.25) is 4.98 Å². The van der Waals surface area contributed by atoms with Crippen molar-refractivity contribution in [3.63, 3.8) is 0 Å². The van der Waals surface area contributed by atoms with E-state index in [1.54, 1.807) is 29.9 Å². The van der Waals surface area contributed by atoms with Gasteiger partial charge in [0.25, 0.3) is 0 Å². The van der Waals surface area contributed by atoms with Crippen molar-refractivity contribution in [1.29, 1.82) is 0 Å². The molecule has 0 amide bonds. The summed E-state index contributed by atoms with van der Waals surface area (Å²) in [5, 5.41) is 12.4. The van der Waals surface area contributed by atoms with E-state index in [0.29, 0.717) is 16.3 Å². The molecule has 2 rings (SSSR count). The van der Waals surface area contributed by atoms with Crippen LogP contribution in [0, 0.1) is 0 Å². The second-order valence-corrected chi connectivity index (χ2v) is 4.45. The predicted molar refractivity (Wildman–Crippen MR) is 62.0 cm³/mol. The van der Waals surface area contributed by atoms with Crippen molar-refractivity contribution in [2.24, 2.45) is 0 Å². The van der Waals surface area contributed by atoms with Crippen LogP contribution in [0.5, 0.6) is 0 Å². The molecule has 2 aromatic heterocycles. The van der Waals surface area contributed by atoms with Crippen LogP contribution in [0.3, 0.4) is 0 Å².